The Morgan fingerprint density at radius 2 is 1.67 bits per heavy atom. The molecule has 0 bridgehead atoms. The first-order valence-electron chi connectivity index (χ1n) is 4.56. The Bertz CT molecular complexity index is 471. The summed E-state index contributed by atoms with van der Waals surface area (Å²) < 4.78 is 5.14. The third-order valence-corrected chi connectivity index (χ3v) is 2.56. The maximum Gasteiger partial charge on any atom is 0.448 e. The first-order chi connectivity index (χ1) is 7.06. The summed E-state index contributed by atoms with van der Waals surface area (Å²) in [5.41, 5.74) is 0. The topological polar surface area (TPSA) is 49.7 Å². The van der Waals surface area contributed by atoms with Crippen LogP contribution in [0.1, 0.15) is 0 Å². The van der Waals surface area contributed by atoms with E-state index in [2.05, 4.69) is 0 Å². The second-order valence-corrected chi connectivity index (χ2v) is 5.26. The predicted molar refractivity (Wildman–Crippen MR) is 61.9 cm³/mol. The molecule has 0 spiro atoms. The van der Waals surface area contributed by atoms with Crippen LogP contribution in [0.15, 0.2) is 42.5 Å². The Morgan fingerprint density at radius 3 is 2.40 bits per heavy atom. The number of benzene rings is 2. The molecule has 0 atom stereocenters. The van der Waals surface area contributed by atoms with E-state index in [-0.39, 0.29) is 0 Å². The van der Waals surface area contributed by atoms with Gasteiger partial charge in [-0.3, -0.25) is 4.52 Å². The summed E-state index contributed by atoms with van der Waals surface area (Å²) in [6.07, 6.45) is 0. The average Bonchev–Trinajstić information content (AvgIpc) is 2.16. The molecule has 2 aromatic carbocycles. The third-order valence-electron chi connectivity index (χ3n) is 2.02. The van der Waals surface area contributed by atoms with Gasteiger partial charge < -0.3 is 0 Å². The molecule has 0 unspecified atom stereocenters. The number of rotatable bonds is 2. The Morgan fingerprint density at radius 1 is 1.00 bits per heavy atom. The van der Waals surface area contributed by atoms with Gasteiger partial charge in [0.15, 0.2) is 5.75 Å². The van der Waals surface area contributed by atoms with Crippen LogP contribution >= 0.6 is 7.94 Å². The highest BCUT2D eigenvalue weighted by Gasteiger charge is 2.29. The predicted octanol–water partition coefficient (Wildman–Crippen LogP) is 2.60. The van der Waals surface area contributed by atoms with Crippen LogP contribution in [0.5, 0.6) is 5.75 Å². The van der Waals surface area contributed by atoms with Gasteiger partial charge in [0.25, 0.3) is 0 Å². The maximum atomic E-state index is 9.27. The fraction of sp³-hybridized carbons (Fsp3) is 0.0909. The van der Waals surface area contributed by atoms with Crippen molar-refractivity contribution in [3.63, 3.8) is 0 Å². The smallest absolute Gasteiger partial charge is 0.287 e. The first-order valence-corrected chi connectivity index (χ1v) is 6.61. The van der Waals surface area contributed by atoms with E-state index >= 15 is 0 Å². The van der Waals surface area contributed by atoms with Gasteiger partial charge in [-0.15, -0.1) is 0 Å². The van der Waals surface area contributed by atoms with Crippen molar-refractivity contribution in [1.29, 1.82) is 0 Å². The summed E-state index contributed by atoms with van der Waals surface area (Å²) in [6.45, 7) is 1.29. The molecule has 4 heteroatoms. The Hall–Kier alpha value is -1.15. The van der Waals surface area contributed by atoms with Crippen molar-refractivity contribution in [3.8, 4) is 5.75 Å². The van der Waals surface area contributed by atoms with Gasteiger partial charge in [-0.2, -0.15) is 9.79 Å². The van der Waals surface area contributed by atoms with Crippen LogP contribution in [0.4, 0.5) is 0 Å². The Balaban J connectivity index is 2.52. The Labute approximate surface area is 88.5 Å². The summed E-state index contributed by atoms with van der Waals surface area (Å²) >= 11 is 0. The molecule has 0 aliphatic heterocycles. The van der Waals surface area contributed by atoms with Gasteiger partial charge in [0.1, 0.15) is 6.66 Å². The minimum absolute atomic E-state index is 0.508. The summed E-state index contributed by atoms with van der Waals surface area (Å²) in [4.78, 5) is 18.5. The van der Waals surface area contributed by atoms with Gasteiger partial charge in [-0.1, -0.05) is 36.4 Å². The highest BCUT2D eigenvalue weighted by molar-refractivity contribution is 7.59. The molecule has 2 rings (SSSR count). The first kappa shape index (κ1) is 10.4. The average molecular weight is 223 g/mol. The second-order valence-electron chi connectivity index (χ2n) is 3.40. The molecule has 0 aromatic heterocycles. The van der Waals surface area contributed by atoms with Gasteiger partial charge in [-0.25, -0.2) is 0 Å². The van der Waals surface area contributed by atoms with Gasteiger partial charge >= 0.3 is 7.94 Å². The van der Waals surface area contributed by atoms with E-state index in [1.54, 1.807) is 6.07 Å². The molecular formula is C11H12O3P+. The second kappa shape index (κ2) is 3.78. The van der Waals surface area contributed by atoms with Crippen LogP contribution in [0, 0.1) is 0 Å². The highest BCUT2D eigenvalue weighted by Crippen LogP contribution is 2.48. The molecule has 0 aliphatic rings. The lowest BCUT2D eigenvalue weighted by molar-refractivity contribution is 0.349. The van der Waals surface area contributed by atoms with Crippen LogP contribution in [-0.2, 0) is 0 Å². The van der Waals surface area contributed by atoms with Gasteiger partial charge in [0.2, 0.25) is 0 Å². The van der Waals surface area contributed by atoms with Crippen LogP contribution in [0.25, 0.3) is 10.8 Å². The van der Waals surface area contributed by atoms with E-state index in [9.17, 15) is 9.79 Å². The van der Waals surface area contributed by atoms with Crippen LogP contribution in [-0.4, -0.2) is 16.5 Å². The largest absolute Gasteiger partial charge is 0.448 e. The van der Waals surface area contributed by atoms with E-state index in [0.29, 0.717) is 5.75 Å². The summed E-state index contributed by atoms with van der Waals surface area (Å²) in [5.74, 6) is 0.508. The van der Waals surface area contributed by atoms with Crippen molar-refractivity contribution in [2.75, 3.05) is 6.66 Å². The molecule has 0 fully saturated rings. The quantitative estimate of drug-likeness (QED) is 0.769. The van der Waals surface area contributed by atoms with Crippen molar-refractivity contribution < 1.29 is 14.3 Å². The number of hydrogen-bond acceptors (Lipinski definition) is 3. The summed E-state index contributed by atoms with van der Waals surface area (Å²) in [5, 5.41) is 1.90. The van der Waals surface area contributed by atoms with Gasteiger partial charge in [0.05, 0.1) is 0 Å². The van der Waals surface area contributed by atoms with Gasteiger partial charge in [-0.05, 0) is 11.5 Å². The molecule has 0 amide bonds. The number of fused-ring (bicyclic) bond motifs is 1. The molecule has 2 aromatic rings. The highest BCUT2D eigenvalue weighted by atomic mass is 31.2. The minimum Gasteiger partial charge on any atom is -0.287 e. The lowest BCUT2D eigenvalue weighted by Gasteiger charge is -2.08. The van der Waals surface area contributed by atoms with Crippen molar-refractivity contribution >= 4 is 18.7 Å². The lowest BCUT2D eigenvalue weighted by atomic mass is 10.1. The van der Waals surface area contributed by atoms with E-state index in [1.807, 2.05) is 36.4 Å². The Kier molecular flexibility index (Phi) is 2.61. The molecule has 2 N–H and O–H groups in total. The van der Waals surface area contributed by atoms with Crippen LogP contribution in [0.2, 0.25) is 0 Å². The maximum absolute atomic E-state index is 9.27. The van der Waals surface area contributed by atoms with Crippen LogP contribution in [0.3, 0.4) is 0 Å². The molecule has 0 heterocycles. The normalized spacial score (nSPS) is 11.7. The van der Waals surface area contributed by atoms with E-state index in [4.69, 9.17) is 4.52 Å². The van der Waals surface area contributed by atoms with Crippen molar-refractivity contribution in [2.45, 2.75) is 0 Å². The summed E-state index contributed by atoms with van der Waals surface area (Å²) in [7, 11) is -3.24. The molecule has 78 valence electrons. The van der Waals surface area contributed by atoms with Crippen LogP contribution < -0.4 is 4.52 Å². The molecule has 0 aliphatic carbocycles. The molecule has 0 saturated carbocycles. The molecular weight excluding hydrogens is 211 g/mol. The zero-order chi connectivity index (χ0) is 10.9. The molecule has 3 nitrogen and oxygen atoms in total. The molecule has 0 saturated heterocycles. The standard InChI is InChI=1S/C11H12O3P/c1-15(12,13)14-11-8-4-6-9-5-2-3-7-10(9)11/h2-8,12-13H,1H3/q+1. The zero-order valence-corrected chi connectivity index (χ0v) is 9.19. The fourth-order valence-corrected chi connectivity index (χ4v) is 1.99. The zero-order valence-electron chi connectivity index (χ0n) is 8.29. The van der Waals surface area contributed by atoms with Crippen molar-refractivity contribution in [3.05, 3.63) is 42.5 Å². The molecule has 0 radical (unpaired) electrons. The lowest BCUT2D eigenvalue weighted by Crippen LogP contribution is -1.97. The number of hydrogen-bond donors (Lipinski definition) is 2. The minimum atomic E-state index is -3.24. The third kappa shape index (κ3) is 2.45. The van der Waals surface area contributed by atoms with E-state index in [0.717, 1.165) is 10.8 Å². The van der Waals surface area contributed by atoms with E-state index in [1.165, 1.54) is 6.66 Å². The van der Waals surface area contributed by atoms with Crippen molar-refractivity contribution in [1.82, 2.24) is 0 Å². The van der Waals surface area contributed by atoms with Gasteiger partial charge in [0, 0.05) is 5.39 Å². The SMILES string of the molecule is C[P+](O)(O)Oc1cccc2ccccc12. The van der Waals surface area contributed by atoms with Crippen molar-refractivity contribution in [2.24, 2.45) is 0 Å². The fourth-order valence-electron chi connectivity index (χ4n) is 1.46. The van der Waals surface area contributed by atoms with E-state index < -0.39 is 7.94 Å². The molecule has 15 heavy (non-hydrogen) atoms. The monoisotopic (exact) mass is 223 g/mol. The summed E-state index contributed by atoms with van der Waals surface area (Å²) in [6, 6.07) is 13.2.